The minimum absolute atomic E-state index is 0.150. The zero-order valence-corrected chi connectivity index (χ0v) is 16.2. The van der Waals surface area contributed by atoms with E-state index < -0.39 is 14.2 Å². The highest BCUT2D eigenvalue weighted by Gasteiger charge is 2.25. The lowest BCUT2D eigenvalue weighted by atomic mass is 9.98. The van der Waals surface area contributed by atoms with E-state index in [0.29, 0.717) is 0 Å². The Morgan fingerprint density at radius 1 is 0.571 bits per heavy atom. The van der Waals surface area contributed by atoms with Crippen molar-refractivity contribution in [3.05, 3.63) is 120 Å². The second kappa shape index (κ2) is 8.64. The average molecular weight is 387 g/mol. The number of hydrogen-bond acceptors (Lipinski definition) is 3. The predicted molar refractivity (Wildman–Crippen MR) is 116 cm³/mol. The standard InChI is InChI=1S/C24H22NO2P/c26-28(27)24(22-16-15-18-9-7-8-14-21(18)17-22)25-23(19-10-3-1-4-11-19)20-12-5-2-6-13-20/h1-17,23-27H. The van der Waals surface area contributed by atoms with E-state index in [2.05, 4.69) is 35.6 Å². The van der Waals surface area contributed by atoms with Crippen molar-refractivity contribution in [1.82, 2.24) is 5.32 Å². The van der Waals surface area contributed by atoms with Gasteiger partial charge in [-0.15, -0.1) is 0 Å². The molecule has 0 saturated carbocycles. The van der Waals surface area contributed by atoms with E-state index in [1.165, 1.54) is 0 Å². The Morgan fingerprint density at radius 3 is 1.68 bits per heavy atom. The van der Waals surface area contributed by atoms with E-state index in [0.717, 1.165) is 27.5 Å². The lowest BCUT2D eigenvalue weighted by Crippen LogP contribution is -2.26. The van der Waals surface area contributed by atoms with E-state index in [-0.39, 0.29) is 6.04 Å². The maximum atomic E-state index is 10.2. The fraction of sp³-hybridized carbons (Fsp3) is 0.0833. The van der Waals surface area contributed by atoms with Gasteiger partial charge >= 0.3 is 0 Å². The van der Waals surface area contributed by atoms with Gasteiger partial charge < -0.3 is 9.79 Å². The molecule has 4 heteroatoms. The van der Waals surface area contributed by atoms with Gasteiger partial charge in [-0.2, -0.15) is 0 Å². The van der Waals surface area contributed by atoms with E-state index in [1.54, 1.807) is 0 Å². The van der Waals surface area contributed by atoms with E-state index >= 15 is 0 Å². The van der Waals surface area contributed by atoms with Gasteiger partial charge in [-0.3, -0.25) is 5.32 Å². The molecule has 4 aromatic carbocycles. The summed E-state index contributed by atoms with van der Waals surface area (Å²) >= 11 is 0. The lowest BCUT2D eigenvalue weighted by molar-refractivity contribution is 0.438. The molecule has 4 rings (SSSR count). The molecule has 0 aliphatic heterocycles. The fourth-order valence-electron chi connectivity index (χ4n) is 3.51. The van der Waals surface area contributed by atoms with Gasteiger partial charge in [0, 0.05) is 0 Å². The monoisotopic (exact) mass is 387 g/mol. The highest BCUT2D eigenvalue weighted by atomic mass is 31.2. The van der Waals surface area contributed by atoms with E-state index in [9.17, 15) is 9.79 Å². The average Bonchev–Trinajstić information content (AvgIpc) is 2.75. The second-order valence-electron chi connectivity index (χ2n) is 6.75. The summed E-state index contributed by atoms with van der Waals surface area (Å²) < 4.78 is 0. The van der Waals surface area contributed by atoms with Crippen molar-refractivity contribution in [2.45, 2.75) is 11.8 Å². The molecule has 0 radical (unpaired) electrons. The molecule has 0 aliphatic carbocycles. The van der Waals surface area contributed by atoms with Gasteiger partial charge in [0.15, 0.2) is 8.38 Å². The Hall–Kier alpha value is -2.55. The van der Waals surface area contributed by atoms with Gasteiger partial charge in [0.25, 0.3) is 0 Å². The minimum Gasteiger partial charge on any atom is -0.349 e. The first-order valence-corrected chi connectivity index (χ1v) is 10.6. The molecule has 3 nitrogen and oxygen atoms in total. The Kier molecular flexibility index (Phi) is 5.80. The van der Waals surface area contributed by atoms with Crippen molar-refractivity contribution < 1.29 is 9.79 Å². The summed E-state index contributed by atoms with van der Waals surface area (Å²) in [4.78, 5) is 20.5. The van der Waals surface area contributed by atoms with Gasteiger partial charge in [0.2, 0.25) is 0 Å². The van der Waals surface area contributed by atoms with Crippen molar-refractivity contribution in [2.75, 3.05) is 0 Å². The molecule has 4 aromatic rings. The van der Waals surface area contributed by atoms with Crippen molar-refractivity contribution >= 4 is 19.1 Å². The number of hydrogen-bond donors (Lipinski definition) is 3. The third kappa shape index (κ3) is 4.14. The second-order valence-corrected chi connectivity index (χ2v) is 7.91. The normalized spacial score (nSPS) is 12.6. The van der Waals surface area contributed by atoms with Crippen LogP contribution in [0.4, 0.5) is 0 Å². The van der Waals surface area contributed by atoms with Gasteiger partial charge in [0.05, 0.1) is 6.04 Å². The first kappa shape index (κ1) is 18.8. The van der Waals surface area contributed by atoms with E-state index in [1.807, 2.05) is 72.8 Å². The molecular weight excluding hydrogens is 365 g/mol. The number of fused-ring (bicyclic) bond motifs is 1. The summed E-state index contributed by atoms with van der Waals surface area (Å²) in [5.41, 5.74) is 3.03. The summed E-state index contributed by atoms with van der Waals surface area (Å²) in [5, 5.41) is 5.71. The molecule has 28 heavy (non-hydrogen) atoms. The molecule has 0 bridgehead atoms. The van der Waals surface area contributed by atoms with Crippen LogP contribution in [0, 0.1) is 0 Å². The Balaban J connectivity index is 1.73. The van der Waals surface area contributed by atoms with Gasteiger partial charge in [-0.05, 0) is 33.5 Å². The molecule has 3 N–H and O–H groups in total. The Morgan fingerprint density at radius 2 is 1.11 bits per heavy atom. The largest absolute Gasteiger partial charge is 0.349 e. The molecule has 0 aromatic heterocycles. The fourth-order valence-corrected chi connectivity index (χ4v) is 4.22. The predicted octanol–water partition coefficient (Wildman–Crippen LogP) is 5.51. The van der Waals surface area contributed by atoms with Crippen LogP contribution in [-0.4, -0.2) is 9.79 Å². The highest BCUT2D eigenvalue weighted by molar-refractivity contribution is 7.45. The highest BCUT2D eigenvalue weighted by Crippen LogP contribution is 2.44. The van der Waals surface area contributed by atoms with Crippen LogP contribution in [0.3, 0.4) is 0 Å². The summed E-state index contributed by atoms with van der Waals surface area (Å²) in [6.45, 7) is 0. The van der Waals surface area contributed by atoms with Crippen LogP contribution in [0.2, 0.25) is 0 Å². The minimum atomic E-state index is -2.22. The molecule has 0 amide bonds. The molecule has 0 heterocycles. The molecule has 0 spiro atoms. The van der Waals surface area contributed by atoms with Gasteiger partial charge in [-0.25, -0.2) is 0 Å². The van der Waals surface area contributed by atoms with Crippen LogP contribution < -0.4 is 5.32 Å². The zero-order valence-electron chi connectivity index (χ0n) is 15.3. The molecule has 140 valence electrons. The summed E-state index contributed by atoms with van der Waals surface area (Å²) in [5.74, 6) is -0.565. The van der Waals surface area contributed by atoms with Crippen molar-refractivity contribution in [3.63, 3.8) is 0 Å². The first-order chi connectivity index (χ1) is 13.7. The van der Waals surface area contributed by atoms with Crippen molar-refractivity contribution in [3.8, 4) is 0 Å². The zero-order chi connectivity index (χ0) is 19.3. The van der Waals surface area contributed by atoms with Crippen molar-refractivity contribution in [2.24, 2.45) is 0 Å². The SMILES string of the molecule is OP(O)C(NC(c1ccccc1)c1ccccc1)c1ccc2ccccc2c1. The molecule has 0 saturated heterocycles. The van der Waals surface area contributed by atoms with Crippen LogP contribution >= 0.6 is 8.38 Å². The van der Waals surface area contributed by atoms with Gasteiger partial charge in [-0.1, -0.05) is 97.1 Å². The Bertz CT molecular complexity index is 998. The maximum Gasteiger partial charge on any atom is 0.188 e. The third-order valence-electron chi connectivity index (χ3n) is 4.91. The van der Waals surface area contributed by atoms with Crippen LogP contribution in [0.15, 0.2) is 103 Å². The summed E-state index contributed by atoms with van der Waals surface area (Å²) in [6, 6.07) is 34.1. The topological polar surface area (TPSA) is 52.5 Å². The summed E-state index contributed by atoms with van der Waals surface area (Å²) in [7, 11) is -2.22. The smallest absolute Gasteiger partial charge is 0.188 e. The van der Waals surface area contributed by atoms with Crippen LogP contribution in [-0.2, 0) is 0 Å². The molecule has 0 fully saturated rings. The van der Waals surface area contributed by atoms with Crippen LogP contribution in [0.5, 0.6) is 0 Å². The first-order valence-electron chi connectivity index (χ1n) is 9.24. The molecule has 1 atom stereocenters. The molecule has 0 aliphatic rings. The number of nitrogens with one attached hydrogen (secondary N) is 1. The lowest BCUT2D eigenvalue weighted by Gasteiger charge is -2.28. The third-order valence-corrected chi connectivity index (χ3v) is 5.82. The quantitative estimate of drug-likeness (QED) is 0.382. The Labute approximate surface area is 166 Å². The van der Waals surface area contributed by atoms with Crippen LogP contribution in [0.1, 0.15) is 28.5 Å². The van der Waals surface area contributed by atoms with Crippen LogP contribution in [0.25, 0.3) is 10.8 Å². The molecular formula is C24H22NO2P. The number of benzene rings is 4. The maximum absolute atomic E-state index is 10.2. The van der Waals surface area contributed by atoms with Gasteiger partial charge in [0.1, 0.15) is 5.78 Å². The van der Waals surface area contributed by atoms with Crippen molar-refractivity contribution in [1.29, 1.82) is 0 Å². The molecule has 1 unspecified atom stereocenters. The van der Waals surface area contributed by atoms with E-state index in [4.69, 9.17) is 0 Å². The summed E-state index contributed by atoms with van der Waals surface area (Å²) in [6.07, 6.45) is 0. The number of rotatable bonds is 6.